The molecule has 1 aliphatic carbocycles. The van der Waals surface area contributed by atoms with E-state index in [1.807, 2.05) is 4.90 Å². The minimum atomic E-state index is -0.832. The van der Waals surface area contributed by atoms with Crippen molar-refractivity contribution in [3.05, 3.63) is 0 Å². The first-order valence-corrected chi connectivity index (χ1v) is 7.37. The molecule has 5 heteroatoms. The number of hydrogen-bond acceptors (Lipinski definition) is 2. The Morgan fingerprint density at radius 1 is 1.26 bits per heavy atom. The Bertz CT molecular complexity index is 342. The predicted molar refractivity (Wildman–Crippen MR) is 71.9 cm³/mol. The molecule has 0 aromatic rings. The summed E-state index contributed by atoms with van der Waals surface area (Å²) in [5.41, 5.74) is 0. The summed E-state index contributed by atoms with van der Waals surface area (Å²) in [6.07, 6.45) is 6.55. The normalized spacial score (nSPS) is 25.5. The van der Waals surface area contributed by atoms with Gasteiger partial charge in [-0.25, -0.2) is 4.79 Å². The Kier molecular flexibility index (Phi) is 4.66. The lowest BCUT2D eigenvalue weighted by Crippen LogP contribution is -2.49. The van der Waals surface area contributed by atoms with Crippen molar-refractivity contribution in [2.45, 2.75) is 64.0 Å². The van der Waals surface area contributed by atoms with Gasteiger partial charge in [0.2, 0.25) is 0 Å². The third-order valence-corrected chi connectivity index (χ3v) is 4.21. The highest BCUT2D eigenvalue weighted by atomic mass is 16.4. The molecule has 2 amide bonds. The van der Waals surface area contributed by atoms with E-state index in [1.165, 1.54) is 12.8 Å². The van der Waals surface area contributed by atoms with Gasteiger partial charge in [0.1, 0.15) is 0 Å². The molecular weight excluding hydrogens is 244 g/mol. The highest BCUT2D eigenvalue weighted by molar-refractivity contribution is 5.76. The number of nitrogens with one attached hydrogen (secondary N) is 1. The van der Waals surface area contributed by atoms with Gasteiger partial charge < -0.3 is 15.3 Å². The van der Waals surface area contributed by atoms with Crippen LogP contribution in [0.15, 0.2) is 0 Å². The van der Waals surface area contributed by atoms with Gasteiger partial charge in [-0.1, -0.05) is 12.8 Å². The Morgan fingerprint density at radius 3 is 2.63 bits per heavy atom. The first-order valence-electron chi connectivity index (χ1n) is 7.37. The minimum absolute atomic E-state index is 0.0403. The molecule has 1 heterocycles. The van der Waals surface area contributed by atoms with E-state index < -0.39 is 5.97 Å². The summed E-state index contributed by atoms with van der Waals surface area (Å²) in [5, 5.41) is 11.9. The molecule has 1 aliphatic heterocycles. The number of likely N-dealkylation sites (tertiary alicyclic amines) is 1. The third-order valence-electron chi connectivity index (χ3n) is 4.21. The topological polar surface area (TPSA) is 69.6 Å². The Morgan fingerprint density at radius 2 is 2.00 bits per heavy atom. The molecule has 19 heavy (non-hydrogen) atoms. The summed E-state index contributed by atoms with van der Waals surface area (Å²) >= 11 is 0. The maximum atomic E-state index is 12.3. The fourth-order valence-corrected chi connectivity index (χ4v) is 2.84. The summed E-state index contributed by atoms with van der Waals surface area (Å²) in [4.78, 5) is 25.0. The van der Waals surface area contributed by atoms with Gasteiger partial charge in [-0.2, -0.15) is 0 Å². The molecule has 0 bridgehead atoms. The smallest absolute Gasteiger partial charge is 0.317 e. The second kappa shape index (κ2) is 6.26. The zero-order valence-corrected chi connectivity index (χ0v) is 11.6. The van der Waals surface area contributed by atoms with Gasteiger partial charge in [-0.3, -0.25) is 4.79 Å². The van der Waals surface area contributed by atoms with Crippen LogP contribution in [0.4, 0.5) is 4.79 Å². The quantitative estimate of drug-likeness (QED) is 0.821. The van der Waals surface area contributed by atoms with Crippen LogP contribution in [0.2, 0.25) is 0 Å². The molecule has 2 N–H and O–H groups in total. The molecule has 1 saturated heterocycles. The minimum Gasteiger partial charge on any atom is -0.481 e. The molecule has 5 nitrogen and oxygen atoms in total. The molecule has 2 aliphatic rings. The first-order chi connectivity index (χ1) is 9.08. The van der Waals surface area contributed by atoms with E-state index in [-0.39, 0.29) is 24.5 Å². The molecule has 2 rings (SSSR count). The van der Waals surface area contributed by atoms with Crippen LogP contribution in [0.3, 0.4) is 0 Å². The van der Waals surface area contributed by atoms with Crippen LogP contribution in [0.1, 0.15) is 51.9 Å². The second-order valence-electron chi connectivity index (χ2n) is 5.88. The van der Waals surface area contributed by atoms with Crippen LogP contribution in [0.5, 0.6) is 0 Å². The number of urea groups is 1. The summed E-state index contributed by atoms with van der Waals surface area (Å²) in [7, 11) is 0. The summed E-state index contributed by atoms with van der Waals surface area (Å²) in [6.45, 7) is 2.87. The second-order valence-corrected chi connectivity index (χ2v) is 5.88. The number of carbonyl (C=O) groups excluding carboxylic acids is 1. The van der Waals surface area contributed by atoms with Crippen LogP contribution in [-0.4, -0.2) is 40.6 Å². The van der Waals surface area contributed by atoms with E-state index >= 15 is 0 Å². The maximum absolute atomic E-state index is 12.3. The van der Waals surface area contributed by atoms with Crippen molar-refractivity contribution in [2.75, 3.05) is 6.54 Å². The molecule has 108 valence electrons. The number of aliphatic carboxylic acids is 1. The van der Waals surface area contributed by atoms with Gasteiger partial charge in [-0.05, 0) is 38.5 Å². The number of carboxylic acids is 1. The van der Waals surface area contributed by atoms with E-state index in [2.05, 4.69) is 12.2 Å². The van der Waals surface area contributed by atoms with Crippen molar-refractivity contribution < 1.29 is 14.7 Å². The standard InChI is InChI=1S/C14H24N2O3/c1-10-5-3-2-4-8-16(10)14(19)15-12(9-13(17)18)11-6-7-11/h10-12H,2-9H2,1H3,(H,15,19)(H,17,18). The zero-order valence-electron chi connectivity index (χ0n) is 11.6. The van der Waals surface area contributed by atoms with Gasteiger partial charge in [-0.15, -0.1) is 0 Å². The number of nitrogens with zero attached hydrogens (tertiary/aromatic N) is 1. The molecule has 2 fully saturated rings. The van der Waals surface area contributed by atoms with E-state index in [0.717, 1.165) is 32.2 Å². The van der Waals surface area contributed by atoms with Crippen LogP contribution < -0.4 is 5.32 Å². The number of hydrogen-bond donors (Lipinski definition) is 2. The first kappa shape index (κ1) is 14.2. The van der Waals surface area contributed by atoms with E-state index in [0.29, 0.717) is 5.92 Å². The molecule has 2 atom stereocenters. The zero-order chi connectivity index (χ0) is 13.8. The predicted octanol–water partition coefficient (Wildman–Crippen LogP) is 2.21. The van der Waals surface area contributed by atoms with Gasteiger partial charge in [0, 0.05) is 18.6 Å². The Balaban J connectivity index is 1.91. The van der Waals surface area contributed by atoms with Crippen molar-refractivity contribution in [1.29, 1.82) is 0 Å². The lowest BCUT2D eigenvalue weighted by atomic mass is 10.1. The van der Waals surface area contributed by atoms with Crippen LogP contribution in [-0.2, 0) is 4.79 Å². The average molecular weight is 268 g/mol. The lowest BCUT2D eigenvalue weighted by molar-refractivity contribution is -0.137. The SMILES string of the molecule is CC1CCCCCN1C(=O)NC(CC(=O)O)C1CC1. The largest absolute Gasteiger partial charge is 0.481 e. The highest BCUT2D eigenvalue weighted by Crippen LogP contribution is 2.34. The molecular formula is C14H24N2O3. The highest BCUT2D eigenvalue weighted by Gasteiger charge is 2.35. The summed E-state index contributed by atoms with van der Waals surface area (Å²) < 4.78 is 0. The van der Waals surface area contributed by atoms with Crippen molar-refractivity contribution in [3.8, 4) is 0 Å². The van der Waals surface area contributed by atoms with Crippen LogP contribution in [0.25, 0.3) is 0 Å². The molecule has 0 spiro atoms. The molecule has 1 saturated carbocycles. The molecule has 2 unspecified atom stereocenters. The van der Waals surface area contributed by atoms with Gasteiger partial charge in [0.15, 0.2) is 0 Å². The molecule has 0 aromatic carbocycles. The molecule has 0 aromatic heterocycles. The van der Waals surface area contributed by atoms with Crippen LogP contribution >= 0.6 is 0 Å². The van der Waals surface area contributed by atoms with E-state index in [1.54, 1.807) is 0 Å². The number of carboxylic acid groups (broad SMARTS) is 1. The van der Waals surface area contributed by atoms with Crippen molar-refractivity contribution >= 4 is 12.0 Å². The monoisotopic (exact) mass is 268 g/mol. The fraction of sp³-hybridized carbons (Fsp3) is 0.857. The lowest BCUT2D eigenvalue weighted by Gasteiger charge is -2.29. The van der Waals surface area contributed by atoms with Crippen molar-refractivity contribution in [1.82, 2.24) is 10.2 Å². The third kappa shape index (κ3) is 4.11. The van der Waals surface area contributed by atoms with Crippen molar-refractivity contribution in [2.24, 2.45) is 5.92 Å². The van der Waals surface area contributed by atoms with Crippen molar-refractivity contribution in [3.63, 3.8) is 0 Å². The number of carbonyl (C=O) groups is 2. The number of rotatable bonds is 4. The Labute approximate surface area is 114 Å². The molecule has 0 radical (unpaired) electrons. The number of amides is 2. The van der Waals surface area contributed by atoms with Crippen LogP contribution in [0, 0.1) is 5.92 Å². The Hall–Kier alpha value is -1.26. The van der Waals surface area contributed by atoms with Gasteiger partial charge in [0.05, 0.1) is 6.42 Å². The van der Waals surface area contributed by atoms with Gasteiger partial charge in [0.25, 0.3) is 0 Å². The summed E-state index contributed by atoms with van der Waals surface area (Å²) in [5.74, 6) is -0.469. The summed E-state index contributed by atoms with van der Waals surface area (Å²) in [6, 6.07) is -0.0137. The van der Waals surface area contributed by atoms with E-state index in [9.17, 15) is 9.59 Å². The van der Waals surface area contributed by atoms with E-state index in [4.69, 9.17) is 5.11 Å². The fourth-order valence-electron chi connectivity index (χ4n) is 2.84. The van der Waals surface area contributed by atoms with Gasteiger partial charge >= 0.3 is 12.0 Å². The maximum Gasteiger partial charge on any atom is 0.317 e. The average Bonchev–Trinajstić information content (AvgIpc) is 3.14.